The van der Waals surface area contributed by atoms with Crippen molar-refractivity contribution >= 4 is 0 Å². The summed E-state index contributed by atoms with van der Waals surface area (Å²) in [5, 5.41) is 0. The van der Waals surface area contributed by atoms with Crippen LogP contribution in [0.5, 0.6) is 0 Å². The Morgan fingerprint density at radius 3 is 2.50 bits per heavy atom. The zero-order valence-corrected chi connectivity index (χ0v) is 3.86. The van der Waals surface area contributed by atoms with Crippen LogP contribution in [0.4, 0.5) is 0 Å². The van der Waals surface area contributed by atoms with Gasteiger partial charge in [0.2, 0.25) is 0 Å². The van der Waals surface area contributed by atoms with Crippen LogP contribution in [0.15, 0.2) is 0 Å². The largest absolute Gasteiger partial charge is 0.403 e. The van der Waals surface area contributed by atoms with Crippen molar-refractivity contribution < 1.29 is 4.90 Å². The van der Waals surface area contributed by atoms with Crippen LogP contribution in [0.2, 0.25) is 0 Å². The van der Waals surface area contributed by atoms with Gasteiger partial charge in [-0.05, 0) is 0 Å². The van der Waals surface area contributed by atoms with E-state index in [0.717, 1.165) is 4.90 Å². The van der Waals surface area contributed by atoms with Gasteiger partial charge in [0.05, 0.1) is 0 Å². The van der Waals surface area contributed by atoms with E-state index in [4.69, 9.17) is 6.57 Å². The molecule has 0 aromatic heterocycles. The molecule has 0 aromatic carbocycles. The fourth-order valence-corrected chi connectivity index (χ4v) is 0.135. The molecule has 0 aliphatic carbocycles. The van der Waals surface area contributed by atoms with E-state index >= 15 is 0 Å². The Morgan fingerprint density at radius 2 is 2.50 bits per heavy atom. The SMILES string of the molecule is [C-]#[N+]C[NH+]([CH2-])C. The Kier molecular flexibility index (Phi) is 2.43. The Bertz CT molecular complexity index is 60.4. The van der Waals surface area contributed by atoms with Crippen LogP contribution in [0.25, 0.3) is 4.85 Å². The molecule has 2 heteroatoms. The van der Waals surface area contributed by atoms with Crippen molar-refractivity contribution in [2.45, 2.75) is 0 Å². The first-order valence-corrected chi connectivity index (χ1v) is 1.75. The minimum Gasteiger partial charge on any atom is -0.403 e. The summed E-state index contributed by atoms with van der Waals surface area (Å²) in [4.78, 5) is 4.02. The Balaban J connectivity index is 2.88. The van der Waals surface area contributed by atoms with Gasteiger partial charge in [-0.2, -0.15) is 0 Å². The quantitative estimate of drug-likeness (QED) is 0.397. The number of hydrogen-bond acceptors (Lipinski definition) is 0. The van der Waals surface area contributed by atoms with Gasteiger partial charge < -0.3 is 4.90 Å². The highest BCUT2D eigenvalue weighted by atomic mass is 15.1. The maximum atomic E-state index is 6.30. The molecule has 0 rings (SSSR count). The number of hydrogen-bond donors (Lipinski definition) is 1. The van der Waals surface area contributed by atoms with Crippen molar-refractivity contribution in [2.24, 2.45) is 0 Å². The molecule has 1 atom stereocenters. The van der Waals surface area contributed by atoms with Crippen LogP contribution in [0.1, 0.15) is 0 Å². The molecule has 0 saturated heterocycles. The summed E-state index contributed by atoms with van der Waals surface area (Å²) in [5.41, 5.74) is 0. The number of quaternary nitrogens is 1. The first kappa shape index (κ1) is 5.45. The van der Waals surface area contributed by atoms with Gasteiger partial charge in [0, 0.05) is 7.05 Å². The second-order valence-electron chi connectivity index (χ2n) is 1.27. The minimum atomic E-state index is 0.472. The summed E-state index contributed by atoms with van der Waals surface area (Å²) in [5.74, 6) is 0. The van der Waals surface area contributed by atoms with Gasteiger partial charge in [0.1, 0.15) is 0 Å². The lowest BCUT2D eigenvalue weighted by Crippen LogP contribution is -3.02. The van der Waals surface area contributed by atoms with Crippen molar-refractivity contribution in [2.75, 3.05) is 13.7 Å². The summed E-state index contributed by atoms with van der Waals surface area (Å²) in [6, 6.07) is 0. The summed E-state index contributed by atoms with van der Waals surface area (Å²) in [7, 11) is 5.38. The van der Waals surface area contributed by atoms with Gasteiger partial charge in [-0.3, -0.25) is 4.85 Å². The van der Waals surface area contributed by atoms with Crippen molar-refractivity contribution in [3.8, 4) is 0 Å². The maximum absolute atomic E-state index is 6.30. The molecule has 6 heavy (non-hydrogen) atoms. The molecule has 1 N–H and O–H groups in total. The molecule has 0 aromatic rings. The summed E-state index contributed by atoms with van der Waals surface area (Å²) in [6.07, 6.45) is 0. The van der Waals surface area contributed by atoms with Gasteiger partial charge in [-0.1, -0.05) is 0 Å². The van der Waals surface area contributed by atoms with Crippen molar-refractivity contribution in [3.63, 3.8) is 0 Å². The van der Waals surface area contributed by atoms with Crippen molar-refractivity contribution in [1.29, 1.82) is 0 Å². The van der Waals surface area contributed by atoms with E-state index in [1.165, 1.54) is 0 Å². The first-order chi connectivity index (χ1) is 2.77. The molecule has 0 saturated carbocycles. The topological polar surface area (TPSA) is 8.80 Å². The number of nitrogens with zero attached hydrogens (tertiary/aromatic N) is 1. The molecule has 0 aliphatic heterocycles. The second kappa shape index (κ2) is 2.67. The fourth-order valence-electron chi connectivity index (χ4n) is 0.135. The average molecular weight is 84.1 g/mol. The van der Waals surface area contributed by atoms with Crippen molar-refractivity contribution in [1.82, 2.24) is 0 Å². The van der Waals surface area contributed by atoms with Crippen LogP contribution in [0, 0.1) is 13.6 Å². The van der Waals surface area contributed by atoms with E-state index in [1.807, 2.05) is 7.05 Å². The summed E-state index contributed by atoms with van der Waals surface area (Å²) < 4.78 is 0. The molecule has 0 fully saturated rings. The highest BCUT2D eigenvalue weighted by Crippen LogP contribution is 1.42. The second-order valence-corrected chi connectivity index (χ2v) is 1.27. The van der Waals surface area contributed by atoms with E-state index in [9.17, 15) is 0 Å². The molecule has 34 valence electrons. The Labute approximate surface area is 38.2 Å². The third-order valence-electron chi connectivity index (χ3n) is 0.349. The molecule has 0 heterocycles. The van der Waals surface area contributed by atoms with Crippen LogP contribution >= 0.6 is 0 Å². The van der Waals surface area contributed by atoms with E-state index in [2.05, 4.69) is 11.9 Å². The van der Waals surface area contributed by atoms with Gasteiger partial charge in [0.25, 0.3) is 0 Å². The normalized spacial score (nSPS) is 12.8. The van der Waals surface area contributed by atoms with E-state index in [1.54, 1.807) is 0 Å². The third kappa shape index (κ3) is 3.45. The molecular formula is C4H8N2. The lowest BCUT2D eigenvalue weighted by Gasteiger charge is -2.01. The lowest BCUT2D eigenvalue weighted by molar-refractivity contribution is -0.825. The van der Waals surface area contributed by atoms with Crippen LogP contribution in [-0.2, 0) is 0 Å². The number of rotatable bonds is 1. The maximum Gasteiger partial charge on any atom is 0.314 e. The highest BCUT2D eigenvalue weighted by Gasteiger charge is 1.78. The van der Waals surface area contributed by atoms with Crippen LogP contribution in [-0.4, -0.2) is 13.7 Å². The average Bonchev–Trinajstić information content (AvgIpc) is 1.35. The predicted molar refractivity (Wildman–Crippen MR) is 23.7 cm³/mol. The summed E-state index contributed by atoms with van der Waals surface area (Å²) in [6.45, 7) is 6.77. The predicted octanol–water partition coefficient (Wildman–Crippen LogP) is -0.831. The molecule has 0 bridgehead atoms. The van der Waals surface area contributed by atoms with Crippen LogP contribution < -0.4 is 4.90 Å². The molecular weight excluding hydrogens is 76.1 g/mol. The fraction of sp³-hybridized carbons (Fsp3) is 0.500. The summed E-state index contributed by atoms with van der Waals surface area (Å²) >= 11 is 0. The van der Waals surface area contributed by atoms with Crippen LogP contribution in [0.3, 0.4) is 0 Å². The first-order valence-electron chi connectivity index (χ1n) is 1.75. The highest BCUT2D eigenvalue weighted by molar-refractivity contribution is 4.41. The zero-order chi connectivity index (χ0) is 4.99. The molecule has 0 aliphatic rings. The lowest BCUT2D eigenvalue weighted by atomic mass is 10.9. The minimum absolute atomic E-state index is 0.472. The molecule has 0 amide bonds. The number of nitrogens with one attached hydrogen (secondary N) is 1. The molecule has 0 radical (unpaired) electrons. The Morgan fingerprint density at radius 1 is 2.00 bits per heavy atom. The monoisotopic (exact) mass is 84.1 g/mol. The third-order valence-corrected chi connectivity index (χ3v) is 0.349. The van der Waals surface area contributed by atoms with E-state index < -0.39 is 0 Å². The van der Waals surface area contributed by atoms with Crippen molar-refractivity contribution in [3.05, 3.63) is 18.5 Å². The Hall–Kier alpha value is -0.550. The van der Waals surface area contributed by atoms with E-state index in [-0.39, 0.29) is 0 Å². The zero-order valence-electron chi connectivity index (χ0n) is 3.86. The molecule has 2 nitrogen and oxygen atoms in total. The van der Waals surface area contributed by atoms with Gasteiger partial charge in [-0.25, -0.2) is 6.57 Å². The van der Waals surface area contributed by atoms with Gasteiger partial charge >= 0.3 is 6.67 Å². The standard InChI is InChI=1S/C4H8N2/c1-5-4-6(2)3/h6H,2,4H2,3H3. The van der Waals surface area contributed by atoms with E-state index in [0.29, 0.717) is 6.67 Å². The smallest absolute Gasteiger partial charge is 0.314 e. The molecule has 1 unspecified atom stereocenters. The molecule has 0 spiro atoms. The van der Waals surface area contributed by atoms with Gasteiger partial charge in [0.15, 0.2) is 0 Å². The van der Waals surface area contributed by atoms with Gasteiger partial charge in [-0.15, -0.1) is 7.05 Å².